The Morgan fingerprint density at radius 2 is 1.02 bits per heavy atom. The molecule has 0 aliphatic carbocycles. The number of fused-ring (bicyclic) bond motifs is 14. The van der Waals surface area contributed by atoms with Crippen molar-refractivity contribution in [3.8, 4) is 34.0 Å². The Kier molecular flexibility index (Phi) is 5.44. The monoisotopic (exact) mass is 726 g/mol. The van der Waals surface area contributed by atoms with Crippen LogP contribution >= 0.6 is 0 Å². The number of nitrogens with zero attached hydrogens (tertiary/aromatic N) is 8. The highest BCUT2D eigenvalue weighted by Crippen LogP contribution is 2.45. The van der Waals surface area contributed by atoms with E-state index in [1.54, 1.807) is 0 Å². The number of pyridine rings is 4. The first-order valence-corrected chi connectivity index (χ1v) is 19.3. The zero-order chi connectivity index (χ0) is 36.9. The molecule has 14 rings (SSSR count). The van der Waals surface area contributed by atoms with Gasteiger partial charge in [-0.25, -0.2) is 0 Å². The van der Waals surface area contributed by atoms with Crippen LogP contribution in [-0.2, 0) is 0 Å². The van der Waals surface area contributed by atoms with Crippen LogP contribution in [0.2, 0.25) is 0 Å². The quantitative estimate of drug-likeness (QED) is 0.172. The molecule has 0 atom stereocenters. The summed E-state index contributed by atoms with van der Waals surface area (Å²) in [6, 6.07) is 49.7. The second kappa shape index (κ2) is 10.5. The molecule has 2 aliphatic heterocycles. The van der Waals surface area contributed by atoms with E-state index in [4.69, 9.17) is 19.9 Å². The molecule has 4 aromatic carbocycles. The van der Waals surface area contributed by atoms with Gasteiger partial charge in [0.2, 0.25) is 0 Å². The summed E-state index contributed by atoms with van der Waals surface area (Å²) in [5.74, 6) is 0. The molecule has 0 spiro atoms. The van der Waals surface area contributed by atoms with Gasteiger partial charge >= 0.3 is 0 Å². The highest BCUT2D eigenvalue weighted by Gasteiger charge is 2.43. The summed E-state index contributed by atoms with van der Waals surface area (Å²) in [6.07, 6.45) is 7.69. The zero-order valence-electron chi connectivity index (χ0n) is 30.2. The molecular formula is C48H27BN8. The van der Waals surface area contributed by atoms with Crippen LogP contribution in [0.1, 0.15) is 0 Å². The van der Waals surface area contributed by atoms with Crippen LogP contribution in [0.4, 0.5) is 0 Å². The maximum absolute atomic E-state index is 5.19. The van der Waals surface area contributed by atoms with E-state index in [1.165, 1.54) is 27.3 Å². The molecule has 0 fully saturated rings. The van der Waals surface area contributed by atoms with Crippen molar-refractivity contribution in [1.29, 1.82) is 0 Å². The lowest BCUT2D eigenvalue weighted by Gasteiger charge is -2.34. The molecule has 9 heteroatoms. The Morgan fingerprint density at radius 1 is 0.421 bits per heavy atom. The molecule has 0 saturated heterocycles. The van der Waals surface area contributed by atoms with Crippen LogP contribution in [0, 0.1) is 0 Å². The largest absolute Gasteiger partial charge is 0.296 e. The lowest BCUT2D eigenvalue weighted by atomic mass is 9.34. The third kappa shape index (κ3) is 3.56. The number of hydrogen-bond donors (Lipinski definition) is 0. The van der Waals surface area contributed by atoms with Crippen LogP contribution in [0.5, 0.6) is 0 Å². The average Bonchev–Trinajstić information content (AvgIpc) is 4.00. The van der Waals surface area contributed by atoms with Gasteiger partial charge in [0.25, 0.3) is 6.71 Å². The summed E-state index contributed by atoms with van der Waals surface area (Å²) in [5.41, 5.74) is 19.6. The van der Waals surface area contributed by atoms with Gasteiger partial charge in [-0.15, -0.1) is 0 Å². The van der Waals surface area contributed by atoms with E-state index in [1.807, 2.05) is 43.0 Å². The minimum Gasteiger partial charge on any atom is -0.296 e. The number of para-hydroxylation sites is 3. The molecule has 8 nitrogen and oxygen atoms in total. The predicted molar refractivity (Wildman–Crippen MR) is 230 cm³/mol. The topological polar surface area (TPSA) is 71.3 Å². The maximum atomic E-state index is 5.19. The van der Waals surface area contributed by atoms with Gasteiger partial charge in [-0.05, 0) is 95.3 Å². The van der Waals surface area contributed by atoms with Gasteiger partial charge in [0, 0.05) is 58.5 Å². The third-order valence-corrected chi connectivity index (χ3v) is 12.3. The van der Waals surface area contributed by atoms with Crippen molar-refractivity contribution in [2.24, 2.45) is 0 Å². The van der Waals surface area contributed by atoms with Crippen LogP contribution in [0.25, 0.3) is 100 Å². The molecule has 8 aromatic heterocycles. The standard InChI is InChI=1S/C48H27BN8/c1-3-12-29(13-4-1)54-35-19-10-23-51-42(35)39-31-16-9-17-32-45(31)56(47(39)54)37-26-28(34-18-7-8-22-50-34)27-38-41(37)49(32)33-21-25-53-44-40-43-36(20-11-24-52-43)55(30-14-5-2-6-15-30)48(40)57(38)46(33)44/h1-27H. The lowest BCUT2D eigenvalue weighted by Crippen LogP contribution is -2.59. The first kappa shape index (κ1) is 29.6. The Balaban J connectivity index is 1.24. The molecule has 12 aromatic rings. The van der Waals surface area contributed by atoms with Gasteiger partial charge in [-0.1, -0.05) is 60.7 Å². The molecule has 0 unspecified atom stereocenters. The Bertz CT molecular complexity index is 3470. The van der Waals surface area contributed by atoms with Crippen molar-refractivity contribution in [3.63, 3.8) is 0 Å². The average molecular weight is 727 g/mol. The van der Waals surface area contributed by atoms with E-state index in [-0.39, 0.29) is 6.71 Å². The van der Waals surface area contributed by atoms with Crippen molar-refractivity contribution in [1.82, 2.24) is 38.2 Å². The molecule has 0 saturated carbocycles. The van der Waals surface area contributed by atoms with Gasteiger partial charge in [0.05, 0.1) is 49.6 Å². The summed E-state index contributed by atoms with van der Waals surface area (Å²) in [6.45, 7) is -0.0474. The lowest BCUT2D eigenvalue weighted by molar-refractivity contribution is 1.05. The van der Waals surface area contributed by atoms with E-state index in [9.17, 15) is 0 Å². The number of rotatable bonds is 3. The predicted octanol–water partition coefficient (Wildman–Crippen LogP) is 8.16. The van der Waals surface area contributed by atoms with Crippen molar-refractivity contribution in [2.45, 2.75) is 0 Å². The smallest absolute Gasteiger partial charge is 0.252 e. The second-order valence-electron chi connectivity index (χ2n) is 15.1. The van der Waals surface area contributed by atoms with Gasteiger partial charge < -0.3 is 0 Å². The molecule has 2 aliphatic rings. The first-order valence-electron chi connectivity index (χ1n) is 19.3. The Hall–Kier alpha value is -7.78. The van der Waals surface area contributed by atoms with Crippen LogP contribution in [0.15, 0.2) is 164 Å². The molecule has 262 valence electrons. The van der Waals surface area contributed by atoms with E-state index >= 15 is 0 Å². The Labute approximate surface area is 324 Å². The maximum Gasteiger partial charge on any atom is 0.252 e. The zero-order valence-corrected chi connectivity index (χ0v) is 30.2. The van der Waals surface area contributed by atoms with Crippen molar-refractivity contribution >= 4 is 89.2 Å². The highest BCUT2D eigenvalue weighted by molar-refractivity contribution is 7.00. The fourth-order valence-electron chi connectivity index (χ4n) is 10.3. The van der Waals surface area contributed by atoms with Crippen molar-refractivity contribution in [3.05, 3.63) is 164 Å². The summed E-state index contributed by atoms with van der Waals surface area (Å²) in [5, 5.41) is 3.40. The van der Waals surface area contributed by atoms with E-state index < -0.39 is 0 Å². The Morgan fingerprint density at radius 3 is 1.70 bits per heavy atom. The molecule has 10 heterocycles. The highest BCUT2D eigenvalue weighted by atomic mass is 15.2. The van der Waals surface area contributed by atoms with E-state index in [2.05, 4.69) is 140 Å². The number of benzene rings is 4. The molecular weight excluding hydrogens is 699 g/mol. The third-order valence-electron chi connectivity index (χ3n) is 12.3. The van der Waals surface area contributed by atoms with Gasteiger partial charge in [-0.3, -0.25) is 38.2 Å². The van der Waals surface area contributed by atoms with E-state index in [0.717, 1.165) is 89.2 Å². The van der Waals surface area contributed by atoms with Crippen LogP contribution < -0.4 is 16.4 Å². The number of hydrogen-bond acceptors (Lipinski definition) is 4. The van der Waals surface area contributed by atoms with Crippen LogP contribution in [0.3, 0.4) is 0 Å². The van der Waals surface area contributed by atoms with Gasteiger partial charge in [-0.2, -0.15) is 0 Å². The molecule has 0 amide bonds. The molecule has 57 heavy (non-hydrogen) atoms. The fourth-order valence-corrected chi connectivity index (χ4v) is 10.3. The normalized spacial score (nSPS) is 12.9. The molecule has 0 radical (unpaired) electrons. The SMILES string of the molecule is c1ccc(-n2c3cccnc3c3c4cccc5c4n(c32)-c2cc(-c3ccccn3)cc3c2B5c2ccnc4c5c6ncccc6n(-c6ccccc6)c5n-3c24)cc1. The van der Waals surface area contributed by atoms with Crippen LogP contribution in [-0.4, -0.2) is 44.9 Å². The first-order chi connectivity index (χ1) is 28.3. The van der Waals surface area contributed by atoms with Crippen molar-refractivity contribution in [2.75, 3.05) is 0 Å². The summed E-state index contributed by atoms with van der Waals surface area (Å²) in [7, 11) is 0. The minimum absolute atomic E-state index is 0.0474. The number of aromatic nitrogens is 8. The summed E-state index contributed by atoms with van der Waals surface area (Å²) in [4.78, 5) is 20.2. The second-order valence-corrected chi connectivity index (χ2v) is 15.1. The fraction of sp³-hybridized carbons (Fsp3) is 0. The van der Waals surface area contributed by atoms with Gasteiger partial charge in [0.1, 0.15) is 16.8 Å². The molecule has 0 bridgehead atoms. The minimum atomic E-state index is -0.0474. The molecule has 0 N–H and O–H groups in total. The van der Waals surface area contributed by atoms with Gasteiger partial charge in [0.15, 0.2) is 0 Å². The summed E-state index contributed by atoms with van der Waals surface area (Å²) < 4.78 is 9.76. The van der Waals surface area contributed by atoms with Crippen molar-refractivity contribution < 1.29 is 0 Å². The summed E-state index contributed by atoms with van der Waals surface area (Å²) >= 11 is 0. The van der Waals surface area contributed by atoms with E-state index in [0.29, 0.717) is 0 Å².